The number of thiophene rings is 1. The average Bonchev–Trinajstić information content (AvgIpc) is 2.75. The summed E-state index contributed by atoms with van der Waals surface area (Å²) in [5.41, 5.74) is 6.69. The van der Waals surface area contributed by atoms with Gasteiger partial charge < -0.3 is 10.6 Å². The predicted octanol–water partition coefficient (Wildman–Crippen LogP) is 4.40. The average molecular weight is 311 g/mol. The van der Waals surface area contributed by atoms with Gasteiger partial charge >= 0.3 is 0 Å². The number of hydrogen-bond donors (Lipinski definition) is 1. The summed E-state index contributed by atoms with van der Waals surface area (Å²) < 4.78 is 1.00. The van der Waals surface area contributed by atoms with Crippen LogP contribution in [-0.2, 0) is 0 Å². The number of carbonyl (C=O) groups excluding carboxylic acids is 1. The molecule has 0 bridgehead atoms. The molecule has 1 heterocycles. The third kappa shape index (κ3) is 2.91. The molecule has 1 aromatic heterocycles. The van der Waals surface area contributed by atoms with Crippen LogP contribution < -0.4 is 5.73 Å². The topological polar surface area (TPSA) is 46.3 Å². The van der Waals surface area contributed by atoms with E-state index in [4.69, 9.17) is 17.3 Å². The van der Waals surface area contributed by atoms with E-state index in [2.05, 4.69) is 13.8 Å². The molecule has 2 rings (SSSR count). The first-order valence-electron chi connectivity index (χ1n) is 6.85. The Labute approximate surface area is 128 Å². The number of halogens is 1. The van der Waals surface area contributed by atoms with Gasteiger partial charge in [0.25, 0.3) is 5.91 Å². The molecule has 0 radical (unpaired) electrons. The molecule has 0 atom stereocenters. The molecule has 1 aromatic carbocycles. The molecule has 0 aliphatic heterocycles. The Hall–Kier alpha value is -1.26. The second kappa shape index (κ2) is 6.46. The summed E-state index contributed by atoms with van der Waals surface area (Å²) >= 11 is 7.44. The maximum absolute atomic E-state index is 12.6. The van der Waals surface area contributed by atoms with Crippen molar-refractivity contribution in [1.29, 1.82) is 0 Å². The van der Waals surface area contributed by atoms with Crippen molar-refractivity contribution >= 4 is 44.6 Å². The summed E-state index contributed by atoms with van der Waals surface area (Å²) in [5, 5.41) is 1.51. The highest BCUT2D eigenvalue weighted by Crippen LogP contribution is 2.36. The van der Waals surface area contributed by atoms with Gasteiger partial charge in [-0.25, -0.2) is 0 Å². The van der Waals surface area contributed by atoms with Gasteiger partial charge in [-0.3, -0.25) is 4.79 Å². The zero-order valence-corrected chi connectivity index (χ0v) is 13.4. The van der Waals surface area contributed by atoms with Gasteiger partial charge in [0.2, 0.25) is 0 Å². The van der Waals surface area contributed by atoms with Gasteiger partial charge in [-0.1, -0.05) is 25.4 Å². The smallest absolute Gasteiger partial charge is 0.266 e. The van der Waals surface area contributed by atoms with Crippen LogP contribution >= 0.6 is 22.9 Å². The normalized spacial score (nSPS) is 10.9. The van der Waals surface area contributed by atoms with E-state index in [9.17, 15) is 4.79 Å². The molecule has 0 saturated carbocycles. The molecule has 2 N–H and O–H groups in total. The zero-order valence-electron chi connectivity index (χ0n) is 11.8. The van der Waals surface area contributed by atoms with E-state index >= 15 is 0 Å². The third-order valence-corrected chi connectivity index (χ3v) is 4.57. The molecular weight excluding hydrogens is 292 g/mol. The molecule has 0 aliphatic carbocycles. The van der Waals surface area contributed by atoms with Gasteiger partial charge in [-0.05, 0) is 31.0 Å². The van der Waals surface area contributed by atoms with Gasteiger partial charge in [-0.2, -0.15) is 0 Å². The number of nitrogen functional groups attached to an aromatic ring is 1. The lowest BCUT2D eigenvalue weighted by Crippen LogP contribution is -2.32. The van der Waals surface area contributed by atoms with Crippen molar-refractivity contribution < 1.29 is 4.79 Å². The molecule has 0 fully saturated rings. The summed E-state index contributed by atoms with van der Waals surface area (Å²) in [6, 6.07) is 5.56. The number of amides is 1. The second-order valence-electron chi connectivity index (χ2n) is 4.78. The number of nitrogens with two attached hydrogens (primary N) is 1. The van der Waals surface area contributed by atoms with Crippen LogP contribution in [0.15, 0.2) is 18.2 Å². The number of hydrogen-bond acceptors (Lipinski definition) is 3. The molecule has 20 heavy (non-hydrogen) atoms. The summed E-state index contributed by atoms with van der Waals surface area (Å²) in [5.74, 6) is 0.0310. The third-order valence-electron chi connectivity index (χ3n) is 3.16. The number of anilines is 1. The Morgan fingerprint density at radius 1 is 1.30 bits per heavy atom. The molecule has 2 aromatic rings. The number of fused-ring (bicyclic) bond motifs is 1. The van der Waals surface area contributed by atoms with Gasteiger partial charge in [0.1, 0.15) is 4.88 Å². The molecule has 108 valence electrons. The van der Waals surface area contributed by atoms with E-state index < -0.39 is 0 Å². The molecule has 1 amide bonds. The fraction of sp³-hybridized carbons (Fsp3) is 0.400. The van der Waals surface area contributed by atoms with Gasteiger partial charge in [-0.15, -0.1) is 11.3 Å². The second-order valence-corrected chi connectivity index (χ2v) is 6.27. The van der Waals surface area contributed by atoms with Crippen molar-refractivity contribution in [3.63, 3.8) is 0 Å². The highest BCUT2D eigenvalue weighted by atomic mass is 35.5. The number of rotatable bonds is 5. The lowest BCUT2D eigenvalue weighted by atomic mass is 10.2. The summed E-state index contributed by atoms with van der Waals surface area (Å²) in [7, 11) is 0. The molecule has 3 nitrogen and oxygen atoms in total. The van der Waals surface area contributed by atoms with E-state index in [-0.39, 0.29) is 5.91 Å². The molecular formula is C15H19ClN2OS. The van der Waals surface area contributed by atoms with Crippen LogP contribution in [0.5, 0.6) is 0 Å². The Balaban J connectivity index is 2.40. The molecule has 0 saturated heterocycles. The lowest BCUT2D eigenvalue weighted by Gasteiger charge is -2.20. The number of nitrogens with zero attached hydrogens (tertiary/aromatic N) is 1. The van der Waals surface area contributed by atoms with Gasteiger partial charge in [0.05, 0.1) is 5.69 Å². The fourth-order valence-electron chi connectivity index (χ4n) is 2.25. The van der Waals surface area contributed by atoms with Crippen LogP contribution in [0.1, 0.15) is 36.4 Å². The van der Waals surface area contributed by atoms with Crippen LogP contribution in [0.3, 0.4) is 0 Å². The fourth-order valence-corrected chi connectivity index (χ4v) is 3.49. The monoisotopic (exact) mass is 310 g/mol. The van der Waals surface area contributed by atoms with Crippen molar-refractivity contribution in [2.75, 3.05) is 18.8 Å². The van der Waals surface area contributed by atoms with Crippen LogP contribution in [0.25, 0.3) is 10.1 Å². The highest BCUT2D eigenvalue weighted by molar-refractivity contribution is 7.21. The SMILES string of the molecule is CCCN(CCC)C(=O)c1sc2ccc(Cl)cc2c1N. The van der Waals surface area contributed by atoms with E-state index in [1.807, 2.05) is 23.1 Å². The van der Waals surface area contributed by atoms with Crippen LogP contribution in [0.2, 0.25) is 5.02 Å². The Morgan fingerprint density at radius 2 is 1.95 bits per heavy atom. The first-order valence-corrected chi connectivity index (χ1v) is 8.04. The lowest BCUT2D eigenvalue weighted by molar-refractivity contribution is 0.0761. The minimum absolute atomic E-state index is 0.0310. The van der Waals surface area contributed by atoms with Crippen molar-refractivity contribution in [3.05, 3.63) is 28.1 Å². The number of benzene rings is 1. The maximum Gasteiger partial charge on any atom is 0.266 e. The predicted molar refractivity (Wildman–Crippen MR) is 87.7 cm³/mol. The van der Waals surface area contributed by atoms with E-state index in [0.717, 1.165) is 36.0 Å². The standard InChI is InChI=1S/C15H19ClN2OS/c1-3-7-18(8-4-2)15(19)14-13(17)11-9-10(16)5-6-12(11)20-14/h5-6,9H,3-4,7-8,17H2,1-2H3. The minimum Gasteiger partial charge on any atom is -0.397 e. The van der Waals surface area contributed by atoms with E-state index in [1.165, 1.54) is 11.3 Å². The Kier molecular flexibility index (Phi) is 4.89. The minimum atomic E-state index is 0.0310. The summed E-state index contributed by atoms with van der Waals surface area (Å²) in [4.78, 5) is 15.1. The first-order chi connectivity index (χ1) is 9.58. The Bertz CT molecular complexity index is 618. The van der Waals surface area contributed by atoms with Crippen LogP contribution in [0.4, 0.5) is 5.69 Å². The van der Waals surface area contributed by atoms with Crippen molar-refractivity contribution in [2.24, 2.45) is 0 Å². The highest BCUT2D eigenvalue weighted by Gasteiger charge is 2.21. The summed E-state index contributed by atoms with van der Waals surface area (Å²) in [6.07, 6.45) is 1.89. The van der Waals surface area contributed by atoms with Gasteiger partial charge in [0.15, 0.2) is 0 Å². The maximum atomic E-state index is 12.6. The van der Waals surface area contributed by atoms with Crippen molar-refractivity contribution in [1.82, 2.24) is 4.90 Å². The van der Waals surface area contributed by atoms with Crippen molar-refractivity contribution in [3.8, 4) is 0 Å². The Morgan fingerprint density at radius 3 is 2.55 bits per heavy atom. The molecule has 0 spiro atoms. The van der Waals surface area contributed by atoms with E-state index in [1.54, 1.807) is 0 Å². The van der Waals surface area contributed by atoms with E-state index in [0.29, 0.717) is 15.6 Å². The van der Waals surface area contributed by atoms with Crippen LogP contribution in [0, 0.1) is 0 Å². The van der Waals surface area contributed by atoms with Gasteiger partial charge in [0, 0.05) is 28.2 Å². The largest absolute Gasteiger partial charge is 0.397 e. The molecule has 0 unspecified atom stereocenters. The summed E-state index contributed by atoms with van der Waals surface area (Å²) in [6.45, 7) is 5.68. The number of carbonyl (C=O) groups is 1. The quantitative estimate of drug-likeness (QED) is 0.889. The first kappa shape index (κ1) is 15.1. The molecule has 0 aliphatic rings. The molecule has 5 heteroatoms. The van der Waals surface area contributed by atoms with Crippen molar-refractivity contribution in [2.45, 2.75) is 26.7 Å². The zero-order chi connectivity index (χ0) is 14.7. The van der Waals surface area contributed by atoms with Crippen LogP contribution in [-0.4, -0.2) is 23.9 Å².